The Morgan fingerprint density at radius 1 is 1.20 bits per heavy atom. The lowest BCUT2D eigenvalue weighted by Gasteiger charge is -2.16. The number of aryl methyl sites for hydroxylation is 1. The largest absolute Gasteiger partial charge is 0.497 e. The molecule has 0 saturated heterocycles. The number of ether oxygens (including phenoxy) is 1. The summed E-state index contributed by atoms with van der Waals surface area (Å²) in [5.74, 6) is 1.75. The van der Waals surface area contributed by atoms with E-state index in [-0.39, 0.29) is 6.04 Å². The van der Waals surface area contributed by atoms with Crippen molar-refractivity contribution in [3.63, 3.8) is 0 Å². The molecule has 106 valence electrons. The van der Waals surface area contributed by atoms with E-state index in [1.54, 1.807) is 18.9 Å². The molecular formula is C15H19N3OS. The topological polar surface area (TPSA) is 47.0 Å². The summed E-state index contributed by atoms with van der Waals surface area (Å²) in [4.78, 5) is 8.62. The number of methoxy groups -OCH3 is 1. The van der Waals surface area contributed by atoms with Crippen LogP contribution in [0.1, 0.15) is 17.2 Å². The zero-order chi connectivity index (χ0) is 14.4. The second kappa shape index (κ2) is 7.26. The van der Waals surface area contributed by atoms with Crippen molar-refractivity contribution in [1.82, 2.24) is 15.3 Å². The fourth-order valence-electron chi connectivity index (χ4n) is 1.80. The molecular weight excluding hydrogens is 270 g/mol. The maximum atomic E-state index is 5.18. The number of thioether (sulfide) groups is 1. The van der Waals surface area contributed by atoms with Gasteiger partial charge in [-0.05, 0) is 37.2 Å². The van der Waals surface area contributed by atoms with Gasteiger partial charge in [-0.25, -0.2) is 9.97 Å². The molecule has 0 amide bonds. The minimum absolute atomic E-state index is 0.260. The van der Waals surface area contributed by atoms with Crippen LogP contribution in [0.4, 0.5) is 0 Å². The van der Waals surface area contributed by atoms with E-state index in [2.05, 4.69) is 27.4 Å². The van der Waals surface area contributed by atoms with Crippen LogP contribution >= 0.6 is 11.8 Å². The van der Waals surface area contributed by atoms with Crippen molar-refractivity contribution in [2.45, 2.75) is 18.1 Å². The normalized spacial score (nSPS) is 12.2. The van der Waals surface area contributed by atoms with E-state index >= 15 is 0 Å². The summed E-state index contributed by atoms with van der Waals surface area (Å²) in [6.07, 6.45) is 3.69. The molecule has 1 N–H and O–H groups in total. The molecule has 2 aromatic rings. The standard InChI is InChI=1S/C15H19N3OS/c1-11-8-17-15(18-9-11)20-10-14(16-2)12-4-6-13(19-3)7-5-12/h4-9,14,16H,10H2,1-3H3. The van der Waals surface area contributed by atoms with E-state index in [1.165, 1.54) is 5.56 Å². The number of hydrogen-bond acceptors (Lipinski definition) is 5. The fourth-order valence-corrected chi connectivity index (χ4v) is 2.72. The summed E-state index contributed by atoms with van der Waals surface area (Å²) in [6, 6.07) is 8.38. The number of benzene rings is 1. The van der Waals surface area contributed by atoms with Crippen LogP contribution in [0.2, 0.25) is 0 Å². The molecule has 5 heteroatoms. The molecule has 0 saturated carbocycles. The quantitative estimate of drug-likeness (QED) is 0.654. The van der Waals surface area contributed by atoms with Crippen LogP contribution in [0.25, 0.3) is 0 Å². The minimum Gasteiger partial charge on any atom is -0.497 e. The average Bonchev–Trinajstić information content (AvgIpc) is 2.50. The van der Waals surface area contributed by atoms with E-state index < -0.39 is 0 Å². The Morgan fingerprint density at radius 2 is 1.85 bits per heavy atom. The maximum absolute atomic E-state index is 5.18. The molecule has 1 atom stereocenters. The second-order valence-corrected chi connectivity index (χ2v) is 5.46. The number of rotatable bonds is 6. The molecule has 0 radical (unpaired) electrons. The Kier molecular flexibility index (Phi) is 5.38. The van der Waals surface area contributed by atoms with E-state index in [1.807, 2.05) is 38.5 Å². The molecule has 0 aliphatic rings. The molecule has 1 aromatic carbocycles. The van der Waals surface area contributed by atoms with Crippen molar-refractivity contribution >= 4 is 11.8 Å². The number of hydrogen-bond donors (Lipinski definition) is 1. The lowest BCUT2D eigenvalue weighted by molar-refractivity contribution is 0.414. The van der Waals surface area contributed by atoms with Crippen LogP contribution in [0.15, 0.2) is 41.8 Å². The van der Waals surface area contributed by atoms with Gasteiger partial charge in [0.25, 0.3) is 0 Å². The third-order valence-corrected chi connectivity index (χ3v) is 3.97. The summed E-state index contributed by atoms with van der Waals surface area (Å²) in [5, 5.41) is 4.13. The van der Waals surface area contributed by atoms with Gasteiger partial charge in [-0.15, -0.1) is 0 Å². The van der Waals surface area contributed by atoms with Gasteiger partial charge < -0.3 is 10.1 Å². The molecule has 0 fully saturated rings. The van der Waals surface area contributed by atoms with Crippen LogP contribution in [0.3, 0.4) is 0 Å². The SMILES string of the molecule is CNC(CSc1ncc(C)cn1)c1ccc(OC)cc1. The van der Waals surface area contributed by atoms with E-state index in [0.29, 0.717) is 0 Å². The van der Waals surface area contributed by atoms with Crippen LogP contribution in [0.5, 0.6) is 5.75 Å². The highest BCUT2D eigenvalue weighted by molar-refractivity contribution is 7.99. The van der Waals surface area contributed by atoms with Crippen molar-refractivity contribution in [1.29, 1.82) is 0 Å². The third-order valence-electron chi connectivity index (χ3n) is 3.00. The van der Waals surface area contributed by atoms with Gasteiger partial charge in [0.05, 0.1) is 7.11 Å². The Labute approximate surface area is 124 Å². The van der Waals surface area contributed by atoms with Crippen molar-refractivity contribution in [3.05, 3.63) is 47.8 Å². The summed E-state index contributed by atoms with van der Waals surface area (Å²) >= 11 is 1.65. The maximum Gasteiger partial charge on any atom is 0.187 e. The molecule has 1 heterocycles. The van der Waals surface area contributed by atoms with Gasteiger partial charge in [-0.3, -0.25) is 0 Å². The molecule has 2 rings (SSSR count). The van der Waals surface area contributed by atoms with Crippen LogP contribution in [-0.2, 0) is 0 Å². The molecule has 0 aliphatic carbocycles. The molecule has 1 unspecified atom stereocenters. The summed E-state index contributed by atoms with van der Waals surface area (Å²) in [6.45, 7) is 1.99. The van der Waals surface area contributed by atoms with Crippen LogP contribution in [0, 0.1) is 6.92 Å². The molecule has 4 nitrogen and oxygen atoms in total. The van der Waals surface area contributed by atoms with Crippen molar-refractivity contribution in [2.24, 2.45) is 0 Å². The van der Waals surface area contributed by atoms with Gasteiger partial charge in [0, 0.05) is 24.2 Å². The zero-order valence-electron chi connectivity index (χ0n) is 12.0. The van der Waals surface area contributed by atoms with Gasteiger partial charge in [-0.2, -0.15) is 0 Å². The van der Waals surface area contributed by atoms with Crippen molar-refractivity contribution in [2.75, 3.05) is 19.9 Å². The van der Waals surface area contributed by atoms with E-state index in [4.69, 9.17) is 4.74 Å². The monoisotopic (exact) mass is 289 g/mol. The average molecular weight is 289 g/mol. The zero-order valence-corrected chi connectivity index (χ0v) is 12.8. The molecule has 1 aromatic heterocycles. The summed E-state index contributed by atoms with van der Waals surface area (Å²) in [5.41, 5.74) is 2.31. The van der Waals surface area contributed by atoms with Gasteiger partial charge in [0.15, 0.2) is 5.16 Å². The van der Waals surface area contributed by atoms with Crippen molar-refractivity contribution < 1.29 is 4.74 Å². The molecule has 0 aliphatic heterocycles. The van der Waals surface area contributed by atoms with E-state index in [0.717, 1.165) is 22.2 Å². The minimum atomic E-state index is 0.260. The Hall–Kier alpha value is -1.59. The summed E-state index contributed by atoms with van der Waals surface area (Å²) < 4.78 is 5.18. The highest BCUT2D eigenvalue weighted by atomic mass is 32.2. The van der Waals surface area contributed by atoms with E-state index in [9.17, 15) is 0 Å². The lowest BCUT2D eigenvalue weighted by atomic mass is 10.1. The van der Waals surface area contributed by atoms with Gasteiger partial charge >= 0.3 is 0 Å². The van der Waals surface area contributed by atoms with Gasteiger partial charge in [0.1, 0.15) is 5.75 Å². The van der Waals surface area contributed by atoms with Gasteiger partial charge in [-0.1, -0.05) is 23.9 Å². The fraction of sp³-hybridized carbons (Fsp3) is 0.333. The number of nitrogens with one attached hydrogen (secondary N) is 1. The molecule has 20 heavy (non-hydrogen) atoms. The first-order valence-electron chi connectivity index (χ1n) is 6.45. The Balaban J connectivity index is 1.99. The predicted molar refractivity (Wildman–Crippen MR) is 82.3 cm³/mol. The highest BCUT2D eigenvalue weighted by Gasteiger charge is 2.10. The first-order chi connectivity index (χ1) is 9.72. The van der Waals surface area contributed by atoms with Crippen LogP contribution in [-0.4, -0.2) is 29.9 Å². The molecule has 0 spiro atoms. The number of aromatic nitrogens is 2. The Morgan fingerprint density at radius 3 is 2.40 bits per heavy atom. The predicted octanol–water partition coefficient (Wildman–Crippen LogP) is 2.85. The van der Waals surface area contributed by atoms with Crippen LogP contribution < -0.4 is 10.1 Å². The highest BCUT2D eigenvalue weighted by Crippen LogP contribution is 2.23. The summed E-state index contributed by atoms with van der Waals surface area (Å²) in [7, 11) is 3.64. The smallest absolute Gasteiger partial charge is 0.187 e. The second-order valence-electron chi connectivity index (χ2n) is 4.47. The first-order valence-corrected chi connectivity index (χ1v) is 7.44. The van der Waals surface area contributed by atoms with Crippen molar-refractivity contribution in [3.8, 4) is 5.75 Å². The first kappa shape index (κ1) is 14.8. The Bertz CT molecular complexity index is 528. The lowest BCUT2D eigenvalue weighted by Crippen LogP contribution is -2.18. The third kappa shape index (κ3) is 3.95. The molecule has 0 bridgehead atoms. The van der Waals surface area contributed by atoms with Gasteiger partial charge in [0.2, 0.25) is 0 Å². The number of nitrogens with zero attached hydrogens (tertiary/aromatic N) is 2.